The van der Waals surface area contributed by atoms with Crippen LogP contribution in [0.15, 0.2) is 12.1 Å². The van der Waals surface area contributed by atoms with Gasteiger partial charge in [0.2, 0.25) is 0 Å². The van der Waals surface area contributed by atoms with Crippen molar-refractivity contribution in [3.05, 3.63) is 23.8 Å². The summed E-state index contributed by atoms with van der Waals surface area (Å²) in [6, 6.07) is 4.36. The molecule has 0 unspecified atom stereocenters. The van der Waals surface area contributed by atoms with Crippen LogP contribution in [-0.2, 0) is 0 Å². The van der Waals surface area contributed by atoms with E-state index in [1.165, 1.54) is 0 Å². The van der Waals surface area contributed by atoms with E-state index in [4.69, 9.17) is 11.0 Å². The molecule has 3 nitrogen and oxygen atoms in total. The summed E-state index contributed by atoms with van der Waals surface area (Å²) >= 11 is 0. The maximum Gasteiger partial charge on any atom is 0.151 e. The molecular weight excluding hydrogens is 224 g/mol. The highest BCUT2D eigenvalue weighted by Gasteiger charge is 2.32. The summed E-state index contributed by atoms with van der Waals surface area (Å²) < 4.78 is 27.5. The van der Waals surface area contributed by atoms with Crippen molar-refractivity contribution in [3.63, 3.8) is 0 Å². The fraction of sp³-hybridized carbons (Fsp3) is 0.417. The SMILES string of the molecule is N#CCCN(c1c(F)cc(N)cc1F)C1CC1. The summed E-state index contributed by atoms with van der Waals surface area (Å²) in [4.78, 5) is 1.63. The number of nitriles is 1. The maximum absolute atomic E-state index is 13.7. The van der Waals surface area contributed by atoms with Crippen molar-refractivity contribution in [1.82, 2.24) is 0 Å². The van der Waals surface area contributed by atoms with Crippen molar-refractivity contribution in [2.75, 3.05) is 17.2 Å². The Morgan fingerprint density at radius 1 is 1.35 bits per heavy atom. The fourth-order valence-corrected chi connectivity index (χ4v) is 1.89. The van der Waals surface area contributed by atoms with Gasteiger partial charge in [-0.2, -0.15) is 5.26 Å². The first-order valence-electron chi connectivity index (χ1n) is 5.51. The number of nitrogens with two attached hydrogens (primary N) is 1. The van der Waals surface area contributed by atoms with Gasteiger partial charge in [0.05, 0.1) is 12.5 Å². The first-order chi connectivity index (χ1) is 8.13. The van der Waals surface area contributed by atoms with E-state index in [1.54, 1.807) is 4.90 Å². The summed E-state index contributed by atoms with van der Waals surface area (Å²) in [5.41, 5.74) is 5.38. The lowest BCUT2D eigenvalue weighted by molar-refractivity contribution is 0.570. The number of anilines is 2. The number of hydrogen-bond donors (Lipinski definition) is 1. The van der Waals surface area contributed by atoms with Gasteiger partial charge in [-0.15, -0.1) is 0 Å². The Morgan fingerprint density at radius 2 is 1.94 bits per heavy atom. The van der Waals surface area contributed by atoms with Gasteiger partial charge in [-0.3, -0.25) is 0 Å². The number of nitrogen functional groups attached to an aromatic ring is 1. The van der Waals surface area contributed by atoms with Gasteiger partial charge in [0, 0.05) is 18.3 Å². The molecular formula is C12H13F2N3. The summed E-state index contributed by atoms with van der Waals surface area (Å²) in [5, 5.41) is 8.56. The van der Waals surface area contributed by atoms with E-state index in [9.17, 15) is 8.78 Å². The topological polar surface area (TPSA) is 53.0 Å². The highest BCUT2D eigenvalue weighted by molar-refractivity contribution is 5.57. The molecule has 0 radical (unpaired) electrons. The Morgan fingerprint density at radius 3 is 2.41 bits per heavy atom. The van der Waals surface area contributed by atoms with Crippen LogP contribution in [0.3, 0.4) is 0 Å². The zero-order valence-electron chi connectivity index (χ0n) is 9.29. The van der Waals surface area contributed by atoms with Gasteiger partial charge in [0.15, 0.2) is 11.6 Å². The molecule has 0 aromatic heterocycles. The van der Waals surface area contributed by atoms with E-state index in [-0.39, 0.29) is 23.8 Å². The maximum atomic E-state index is 13.7. The highest BCUT2D eigenvalue weighted by atomic mass is 19.1. The molecule has 17 heavy (non-hydrogen) atoms. The third-order valence-corrected chi connectivity index (χ3v) is 2.78. The smallest absolute Gasteiger partial charge is 0.151 e. The molecule has 0 spiro atoms. The lowest BCUT2D eigenvalue weighted by atomic mass is 10.2. The molecule has 0 heterocycles. The Labute approximate surface area is 98.4 Å². The molecule has 1 fully saturated rings. The van der Waals surface area contributed by atoms with E-state index in [0.717, 1.165) is 25.0 Å². The third-order valence-electron chi connectivity index (χ3n) is 2.78. The molecule has 0 saturated heterocycles. The predicted octanol–water partition coefficient (Wildman–Crippen LogP) is 2.43. The molecule has 0 amide bonds. The van der Waals surface area contributed by atoms with E-state index < -0.39 is 11.6 Å². The van der Waals surface area contributed by atoms with E-state index in [1.807, 2.05) is 6.07 Å². The minimum absolute atomic E-state index is 0.0584. The molecule has 1 aliphatic carbocycles. The van der Waals surface area contributed by atoms with Crippen LogP contribution in [0.5, 0.6) is 0 Å². The van der Waals surface area contributed by atoms with Gasteiger partial charge in [0.25, 0.3) is 0 Å². The van der Waals surface area contributed by atoms with Crippen molar-refractivity contribution in [1.29, 1.82) is 5.26 Å². The fourth-order valence-electron chi connectivity index (χ4n) is 1.89. The average Bonchev–Trinajstić information content (AvgIpc) is 3.05. The van der Waals surface area contributed by atoms with Crippen LogP contribution in [0.4, 0.5) is 20.2 Å². The van der Waals surface area contributed by atoms with Crippen LogP contribution in [0, 0.1) is 23.0 Å². The monoisotopic (exact) mass is 237 g/mol. The van der Waals surface area contributed by atoms with Gasteiger partial charge in [-0.1, -0.05) is 0 Å². The minimum Gasteiger partial charge on any atom is -0.399 e. The molecule has 90 valence electrons. The molecule has 0 aliphatic heterocycles. The van der Waals surface area contributed by atoms with Crippen molar-refractivity contribution in [2.24, 2.45) is 0 Å². The quantitative estimate of drug-likeness (QED) is 0.818. The number of nitrogens with zero attached hydrogens (tertiary/aromatic N) is 2. The standard InChI is InChI=1S/C12H13F2N3/c13-10-6-8(16)7-11(14)12(10)17(5-1-4-15)9-2-3-9/h6-7,9H,1-3,5,16H2. The summed E-state index contributed by atoms with van der Waals surface area (Å²) in [6.07, 6.45) is 2.07. The Balaban J connectivity index is 2.32. The number of hydrogen-bond acceptors (Lipinski definition) is 3. The second kappa shape index (κ2) is 4.58. The molecule has 0 atom stereocenters. The van der Waals surface area contributed by atoms with Crippen molar-refractivity contribution >= 4 is 11.4 Å². The highest BCUT2D eigenvalue weighted by Crippen LogP contribution is 2.35. The van der Waals surface area contributed by atoms with Crippen molar-refractivity contribution < 1.29 is 8.78 Å². The predicted molar refractivity (Wildman–Crippen MR) is 61.4 cm³/mol. The largest absolute Gasteiger partial charge is 0.399 e. The number of halogens is 2. The zero-order valence-corrected chi connectivity index (χ0v) is 9.29. The Hall–Kier alpha value is -1.83. The molecule has 1 aromatic rings. The Bertz CT molecular complexity index is 440. The van der Waals surface area contributed by atoms with Gasteiger partial charge < -0.3 is 10.6 Å². The lowest BCUT2D eigenvalue weighted by Crippen LogP contribution is -2.28. The van der Waals surface area contributed by atoms with Crippen LogP contribution in [0.2, 0.25) is 0 Å². The van der Waals surface area contributed by atoms with Gasteiger partial charge in [0.1, 0.15) is 5.69 Å². The normalized spacial score (nSPS) is 14.4. The Kier molecular flexibility index (Phi) is 3.14. The van der Waals surface area contributed by atoms with E-state index in [0.29, 0.717) is 6.54 Å². The molecule has 0 bridgehead atoms. The summed E-state index contributed by atoms with van der Waals surface area (Å²) in [5.74, 6) is -1.32. The van der Waals surface area contributed by atoms with Crippen LogP contribution in [0.1, 0.15) is 19.3 Å². The number of benzene rings is 1. The molecule has 1 aliphatic rings. The number of rotatable bonds is 4. The third kappa shape index (κ3) is 2.47. The van der Waals surface area contributed by atoms with E-state index in [2.05, 4.69) is 0 Å². The minimum atomic E-state index is -0.660. The second-order valence-corrected chi connectivity index (χ2v) is 4.17. The lowest BCUT2D eigenvalue weighted by Gasteiger charge is -2.24. The van der Waals surface area contributed by atoms with Gasteiger partial charge in [-0.25, -0.2) is 8.78 Å². The second-order valence-electron chi connectivity index (χ2n) is 4.17. The first-order valence-corrected chi connectivity index (χ1v) is 5.51. The molecule has 5 heteroatoms. The molecule has 2 N–H and O–H groups in total. The van der Waals surface area contributed by atoms with Crippen molar-refractivity contribution in [2.45, 2.75) is 25.3 Å². The van der Waals surface area contributed by atoms with Crippen LogP contribution < -0.4 is 10.6 Å². The summed E-state index contributed by atoms with van der Waals surface area (Å²) in [7, 11) is 0. The van der Waals surface area contributed by atoms with Gasteiger partial charge in [-0.05, 0) is 25.0 Å². The van der Waals surface area contributed by atoms with E-state index >= 15 is 0 Å². The zero-order chi connectivity index (χ0) is 12.4. The first kappa shape index (κ1) is 11.6. The van der Waals surface area contributed by atoms with Crippen molar-refractivity contribution in [3.8, 4) is 6.07 Å². The molecule has 1 saturated carbocycles. The summed E-state index contributed by atoms with van der Waals surface area (Å²) in [6.45, 7) is 0.346. The molecule has 2 rings (SSSR count). The van der Waals surface area contributed by atoms with Crippen LogP contribution in [0.25, 0.3) is 0 Å². The molecule has 1 aromatic carbocycles. The van der Waals surface area contributed by atoms with Crippen LogP contribution >= 0.6 is 0 Å². The average molecular weight is 237 g/mol. The van der Waals surface area contributed by atoms with Gasteiger partial charge >= 0.3 is 0 Å². The van der Waals surface area contributed by atoms with Crippen LogP contribution in [-0.4, -0.2) is 12.6 Å².